The fraction of sp³-hybridized carbons (Fsp3) is 1.00. The molecular formula is C13H29N2+. The van der Waals surface area contributed by atoms with Gasteiger partial charge in [-0.25, -0.2) is 0 Å². The van der Waals surface area contributed by atoms with Crippen molar-refractivity contribution < 1.29 is 4.48 Å². The predicted octanol–water partition coefficient (Wildman–Crippen LogP) is 2.38. The van der Waals surface area contributed by atoms with Crippen molar-refractivity contribution in [2.24, 2.45) is 11.1 Å². The average molecular weight is 213 g/mol. The molecular weight excluding hydrogens is 184 g/mol. The third kappa shape index (κ3) is 3.18. The van der Waals surface area contributed by atoms with Crippen molar-refractivity contribution in [2.45, 2.75) is 52.0 Å². The van der Waals surface area contributed by atoms with Gasteiger partial charge in [0.25, 0.3) is 0 Å². The molecule has 0 atom stereocenters. The fourth-order valence-electron chi connectivity index (χ4n) is 3.27. The smallest absolute Gasteiger partial charge is 0.0841 e. The highest BCUT2D eigenvalue weighted by Gasteiger charge is 2.45. The second-order valence-electron chi connectivity index (χ2n) is 5.90. The van der Waals surface area contributed by atoms with Crippen LogP contribution in [0.5, 0.6) is 0 Å². The highest BCUT2D eigenvalue weighted by atomic mass is 15.3. The van der Waals surface area contributed by atoms with Crippen LogP contribution in [0.15, 0.2) is 0 Å². The molecule has 90 valence electrons. The molecule has 2 rings (SSSR count). The van der Waals surface area contributed by atoms with Gasteiger partial charge in [0, 0.05) is 17.9 Å². The van der Waals surface area contributed by atoms with Gasteiger partial charge in [0.1, 0.15) is 0 Å². The molecule has 1 aliphatic carbocycles. The van der Waals surface area contributed by atoms with Crippen molar-refractivity contribution in [3.63, 3.8) is 0 Å². The zero-order chi connectivity index (χ0) is 11.5. The summed E-state index contributed by atoms with van der Waals surface area (Å²) in [4.78, 5) is 0. The SMILES string of the molecule is CC.C[N+]1(C)CCC2(CCC(N)CC2)C1. The third-order valence-corrected chi connectivity index (χ3v) is 4.10. The van der Waals surface area contributed by atoms with E-state index in [2.05, 4.69) is 14.1 Å². The summed E-state index contributed by atoms with van der Waals surface area (Å²) in [5.74, 6) is 0. The molecule has 0 aromatic heterocycles. The molecule has 1 heterocycles. The Morgan fingerprint density at radius 3 is 2.00 bits per heavy atom. The first-order chi connectivity index (χ1) is 7.02. The molecule has 2 heteroatoms. The van der Waals surface area contributed by atoms with Crippen LogP contribution in [0, 0.1) is 5.41 Å². The summed E-state index contributed by atoms with van der Waals surface area (Å²) in [5.41, 5.74) is 6.63. The minimum atomic E-state index is 0.502. The third-order valence-electron chi connectivity index (χ3n) is 4.10. The molecule has 0 radical (unpaired) electrons. The van der Waals surface area contributed by atoms with Crippen LogP contribution in [0.3, 0.4) is 0 Å². The summed E-state index contributed by atoms with van der Waals surface area (Å²) in [5, 5.41) is 0. The Morgan fingerprint density at radius 1 is 1.07 bits per heavy atom. The number of nitrogens with zero attached hydrogens (tertiary/aromatic N) is 1. The Balaban J connectivity index is 0.000000531. The monoisotopic (exact) mass is 213 g/mol. The number of likely N-dealkylation sites (tertiary alicyclic amines) is 1. The van der Waals surface area contributed by atoms with E-state index in [1.807, 2.05) is 13.8 Å². The second kappa shape index (κ2) is 4.84. The van der Waals surface area contributed by atoms with Crippen molar-refractivity contribution in [3.8, 4) is 0 Å². The molecule has 0 aromatic carbocycles. The lowest BCUT2D eigenvalue weighted by atomic mass is 9.72. The van der Waals surface area contributed by atoms with Gasteiger partial charge in [0.2, 0.25) is 0 Å². The number of rotatable bonds is 0. The van der Waals surface area contributed by atoms with Crippen molar-refractivity contribution >= 4 is 0 Å². The van der Waals surface area contributed by atoms with E-state index in [1.165, 1.54) is 49.7 Å². The zero-order valence-electron chi connectivity index (χ0n) is 11.1. The first-order valence-corrected chi connectivity index (χ1v) is 6.59. The summed E-state index contributed by atoms with van der Waals surface area (Å²) >= 11 is 0. The van der Waals surface area contributed by atoms with Crippen LogP contribution in [0.1, 0.15) is 46.0 Å². The topological polar surface area (TPSA) is 26.0 Å². The fourth-order valence-corrected chi connectivity index (χ4v) is 3.27. The van der Waals surface area contributed by atoms with Gasteiger partial charge in [-0.15, -0.1) is 0 Å². The lowest BCUT2D eigenvalue weighted by Gasteiger charge is -2.35. The zero-order valence-corrected chi connectivity index (χ0v) is 11.1. The highest BCUT2D eigenvalue weighted by Crippen LogP contribution is 2.44. The summed E-state index contributed by atoms with van der Waals surface area (Å²) < 4.78 is 1.23. The maximum atomic E-state index is 5.95. The molecule has 0 unspecified atom stereocenters. The van der Waals surface area contributed by atoms with E-state index in [1.54, 1.807) is 0 Å². The lowest BCUT2D eigenvalue weighted by Crippen LogP contribution is -2.41. The number of hydrogen-bond donors (Lipinski definition) is 1. The lowest BCUT2D eigenvalue weighted by molar-refractivity contribution is -0.881. The molecule has 1 spiro atoms. The Hall–Kier alpha value is -0.0800. The van der Waals surface area contributed by atoms with Gasteiger partial charge in [-0.3, -0.25) is 0 Å². The van der Waals surface area contributed by atoms with Crippen LogP contribution in [-0.2, 0) is 0 Å². The molecule has 1 saturated carbocycles. The molecule has 2 nitrogen and oxygen atoms in total. The van der Waals surface area contributed by atoms with Gasteiger partial charge >= 0.3 is 0 Å². The van der Waals surface area contributed by atoms with Gasteiger partial charge in [-0.1, -0.05) is 13.8 Å². The van der Waals surface area contributed by atoms with Crippen LogP contribution in [0.4, 0.5) is 0 Å². The molecule has 2 N–H and O–H groups in total. The molecule has 1 saturated heterocycles. The van der Waals surface area contributed by atoms with Gasteiger partial charge < -0.3 is 10.2 Å². The molecule has 2 fully saturated rings. The van der Waals surface area contributed by atoms with Gasteiger partial charge in [-0.05, 0) is 25.7 Å². The van der Waals surface area contributed by atoms with E-state index in [4.69, 9.17) is 5.73 Å². The van der Waals surface area contributed by atoms with Crippen molar-refractivity contribution in [1.29, 1.82) is 0 Å². The summed E-state index contributed by atoms with van der Waals surface area (Å²) in [6, 6.07) is 0.502. The quantitative estimate of drug-likeness (QED) is 0.614. The Morgan fingerprint density at radius 2 is 1.60 bits per heavy atom. The van der Waals surface area contributed by atoms with E-state index >= 15 is 0 Å². The Bertz CT molecular complexity index is 191. The van der Waals surface area contributed by atoms with Crippen LogP contribution in [0.2, 0.25) is 0 Å². The van der Waals surface area contributed by atoms with Crippen molar-refractivity contribution in [2.75, 3.05) is 27.2 Å². The molecule has 0 bridgehead atoms. The average Bonchev–Trinajstić information content (AvgIpc) is 2.51. The maximum absolute atomic E-state index is 5.95. The molecule has 0 amide bonds. The summed E-state index contributed by atoms with van der Waals surface area (Å²) in [6.45, 7) is 6.76. The highest BCUT2D eigenvalue weighted by molar-refractivity contribution is 4.89. The summed E-state index contributed by atoms with van der Waals surface area (Å²) in [7, 11) is 4.73. The number of nitrogens with two attached hydrogens (primary N) is 1. The first-order valence-electron chi connectivity index (χ1n) is 6.59. The van der Waals surface area contributed by atoms with E-state index < -0.39 is 0 Å². The molecule has 0 aromatic rings. The number of quaternary nitrogens is 1. The summed E-state index contributed by atoms with van der Waals surface area (Å²) in [6.07, 6.45) is 6.73. The van der Waals surface area contributed by atoms with Gasteiger partial charge in [-0.2, -0.15) is 0 Å². The minimum absolute atomic E-state index is 0.502. The standard InChI is InChI=1S/C11H23N2.C2H6/c1-13(2)8-7-11(9-13)5-3-10(12)4-6-11;1-2/h10H,3-9,12H2,1-2H3;1-2H3/q+1;. The number of hydrogen-bond acceptors (Lipinski definition) is 1. The Kier molecular flexibility index (Phi) is 4.19. The van der Waals surface area contributed by atoms with Crippen LogP contribution >= 0.6 is 0 Å². The van der Waals surface area contributed by atoms with E-state index in [-0.39, 0.29) is 0 Å². The molecule has 1 aliphatic heterocycles. The normalized spacial score (nSPS) is 38.6. The van der Waals surface area contributed by atoms with Crippen LogP contribution in [-0.4, -0.2) is 37.7 Å². The first kappa shape index (κ1) is 13.0. The van der Waals surface area contributed by atoms with E-state index in [0.29, 0.717) is 11.5 Å². The maximum Gasteiger partial charge on any atom is 0.0841 e. The molecule has 15 heavy (non-hydrogen) atoms. The van der Waals surface area contributed by atoms with Gasteiger partial charge in [0.15, 0.2) is 0 Å². The van der Waals surface area contributed by atoms with Gasteiger partial charge in [0.05, 0.1) is 27.2 Å². The van der Waals surface area contributed by atoms with Crippen LogP contribution < -0.4 is 5.73 Å². The van der Waals surface area contributed by atoms with Crippen molar-refractivity contribution in [3.05, 3.63) is 0 Å². The van der Waals surface area contributed by atoms with E-state index in [0.717, 1.165) is 0 Å². The van der Waals surface area contributed by atoms with Crippen LogP contribution in [0.25, 0.3) is 0 Å². The molecule has 2 aliphatic rings. The Labute approximate surface area is 95.4 Å². The largest absolute Gasteiger partial charge is 0.328 e. The van der Waals surface area contributed by atoms with Crippen molar-refractivity contribution in [1.82, 2.24) is 0 Å². The second-order valence-corrected chi connectivity index (χ2v) is 5.90. The van der Waals surface area contributed by atoms with E-state index in [9.17, 15) is 0 Å². The minimum Gasteiger partial charge on any atom is -0.328 e. The predicted molar refractivity (Wildman–Crippen MR) is 66.7 cm³/mol.